The molecule has 0 aliphatic carbocycles. The fourth-order valence-corrected chi connectivity index (χ4v) is 0. The average molecular weight is 320 g/mol. The molecule has 0 saturated carbocycles. The van der Waals surface area contributed by atoms with Crippen LogP contribution in [0.5, 0.6) is 0 Å². The maximum atomic E-state index is 8.25. The molecule has 0 radical (unpaired) electrons. The van der Waals surface area contributed by atoms with Crippen LogP contribution in [-0.2, 0) is 0 Å². The number of hydrogen-bond acceptors (Lipinski definition) is 3. The SMILES string of the molecule is O.O.O.O=[N+]([O-])[O-].[Tl+]. The molecule has 0 aliphatic heterocycles. The van der Waals surface area contributed by atoms with Crippen LogP contribution in [0.2, 0.25) is 0 Å². The molecule has 0 aliphatic rings. The predicted molar refractivity (Wildman–Crippen MR) is 27.0 cm³/mol. The second-order valence-electron chi connectivity index (χ2n) is 0.224. The van der Waals surface area contributed by atoms with Crippen molar-refractivity contribution in [2.75, 3.05) is 0 Å². The zero-order chi connectivity index (χ0) is 3.58. The van der Waals surface area contributed by atoms with Crippen LogP contribution in [0.25, 0.3) is 0 Å². The van der Waals surface area contributed by atoms with Gasteiger partial charge in [-0.1, -0.05) is 0 Å². The summed E-state index contributed by atoms with van der Waals surface area (Å²) in [5.74, 6) is 0. The second-order valence-corrected chi connectivity index (χ2v) is 0.224. The molecule has 0 spiro atoms. The van der Waals surface area contributed by atoms with Crippen LogP contribution in [0.1, 0.15) is 0 Å². The molecule has 6 N–H and O–H groups in total. The maximum Gasteiger partial charge on any atom is 1.00 e. The maximum absolute atomic E-state index is 8.25. The summed E-state index contributed by atoms with van der Waals surface area (Å²) < 4.78 is 0. The molecule has 7 nitrogen and oxygen atoms in total. The number of nitrogens with zero attached hydrogens (tertiary/aromatic N) is 1. The summed E-state index contributed by atoms with van der Waals surface area (Å²) in [5.41, 5.74) is 0. The molecule has 0 fully saturated rings. The summed E-state index contributed by atoms with van der Waals surface area (Å²) in [4.78, 5) is 8.25. The van der Waals surface area contributed by atoms with E-state index >= 15 is 0 Å². The Kier molecular flexibility index (Phi) is 152. The van der Waals surface area contributed by atoms with Gasteiger partial charge in [-0.3, -0.25) is 0 Å². The first-order valence-corrected chi connectivity index (χ1v) is 0.548. The van der Waals surface area contributed by atoms with Crippen molar-refractivity contribution < 1.29 is 21.5 Å². The molecule has 50 valence electrons. The van der Waals surface area contributed by atoms with E-state index in [-0.39, 0.29) is 43.7 Å². The smallest absolute Gasteiger partial charge is 0.412 e. The molecule has 0 rings (SSSR count). The predicted octanol–water partition coefficient (Wildman–Crippen LogP) is -3.09. The van der Waals surface area contributed by atoms with E-state index in [1.165, 1.54) is 0 Å². The van der Waals surface area contributed by atoms with Crippen LogP contribution in [0.3, 0.4) is 0 Å². The first kappa shape index (κ1) is 43.5. The molecule has 0 unspecified atom stereocenters. The van der Waals surface area contributed by atoms with E-state index in [9.17, 15) is 0 Å². The van der Waals surface area contributed by atoms with Gasteiger partial charge in [-0.2, -0.15) is 0 Å². The van der Waals surface area contributed by atoms with Crippen molar-refractivity contribution in [2.24, 2.45) is 0 Å². The summed E-state index contributed by atoms with van der Waals surface area (Å²) in [5, 5.41) is 14.8. The van der Waals surface area contributed by atoms with E-state index in [1.807, 2.05) is 0 Å². The standard InChI is InChI=1S/NO3.3H2O.Tl/c2-1(3)4;;;;/h;3*1H2;/q-1;;;;+1. The minimum absolute atomic E-state index is 0. The van der Waals surface area contributed by atoms with E-state index in [2.05, 4.69) is 0 Å². The normalized spacial score (nSPS) is 3.00. The molecule has 0 bridgehead atoms. The van der Waals surface area contributed by atoms with Gasteiger partial charge in [0, 0.05) is 0 Å². The Balaban J connectivity index is -0.00000000750. The van der Waals surface area contributed by atoms with Crippen molar-refractivity contribution in [3.63, 3.8) is 0 Å². The van der Waals surface area contributed by atoms with Gasteiger partial charge in [0.1, 0.15) is 0 Å². The molecule has 8 heavy (non-hydrogen) atoms. The van der Waals surface area contributed by atoms with Crippen molar-refractivity contribution in [3.05, 3.63) is 15.3 Å². The summed E-state index contributed by atoms with van der Waals surface area (Å²) in [6.45, 7) is 0. The molecular formula is H6NO6Tl. The molecule has 0 amide bonds. The van der Waals surface area contributed by atoms with Gasteiger partial charge >= 0.3 is 27.3 Å². The second kappa shape index (κ2) is 28.0. The van der Waals surface area contributed by atoms with Crippen molar-refractivity contribution in [1.29, 1.82) is 0 Å². The largest absolute Gasteiger partial charge is 1.00 e. The van der Waals surface area contributed by atoms with Crippen LogP contribution in [0.4, 0.5) is 0 Å². The quantitative estimate of drug-likeness (QED) is 0.263. The Hall–Kier alpha value is 0.00208. The van der Waals surface area contributed by atoms with Gasteiger partial charge in [0.2, 0.25) is 0 Å². The third-order valence-electron chi connectivity index (χ3n) is 0. The first-order chi connectivity index (χ1) is 1.73. The fraction of sp³-hybridized carbons (Fsp3) is 0. The summed E-state index contributed by atoms with van der Waals surface area (Å²) in [6, 6.07) is 0. The van der Waals surface area contributed by atoms with Crippen LogP contribution < -0.4 is 0 Å². The van der Waals surface area contributed by atoms with Crippen LogP contribution in [0.15, 0.2) is 0 Å². The third-order valence-corrected chi connectivity index (χ3v) is 0. The average Bonchev–Trinajstić information content (AvgIpc) is 0.811. The summed E-state index contributed by atoms with van der Waals surface area (Å²) in [6.07, 6.45) is 0. The Labute approximate surface area is 64.5 Å². The first-order valence-electron chi connectivity index (χ1n) is 0.548. The van der Waals surface area contributed by atoms with Gasteiger partial charge in [0.05, 0.1) is 5.09 Å². The van der Waals surface area contributed by atoms with Crippen molar-refractivity contribution in [3.8, 4) is 0 Å². The van der Waals surface area contributed by atoms with E-state index in [0.717, 1.165) is 0 Å². The van der Waals surface area contributed by atoms with E-state index in [4.69, 9.17) is 15.3 Å². The zero-order valence-electron chi connectivity index (χ0n) is 3.75. The van der Waals surface area contributed by atoms with Gasteiger partial charge in [-0.15, -0.1) is 0 Å². The molecular weight excluding hydrogens is 314 g/mol. The van der Waals surface area contributed by atoms with Gasteiger partial charge in [0.15, 0.2) is 0 Å². The van der Waals surface area contributed by atoms with Crippen LogP contribution in [-0.4, -0.2) is 48.8 Å². The van der Waals surface area contributed by atoms with Gasteiger partial charge in [0.25, 0.3) is 0 Å². The van der Waals surface area contributed by atoms with Crippen molar-refractivity contribution in [1.82, 2.24) is 0 Å². The van der Waals surface area contributed by atoms with Crippen molar-refractivity contribution >= 4 is 27.3 Å². The summed E-state index contributed by atoms with van der Waals surface area (Å²) >= 11 is 0. The Morgan fingerprint density at radius 2 is 1.00 bits per heavy atom. The van der Waals surface area contributed by atoms with Crippen LogP contribution >= 0.6 is 0 Å². The third kappa shape index (κ3) is 34800000. The van der Waals surface area contributed by atoms with E-state index in [1.54, 1.807) is 0 Å². The fourth-order valence-electron chi connectivity index (χ4n) is 0. The van der Waals surface area contributed by atoms with E-state index in [0.29, 0.717) is 0 Å². The molecule has 0 heterocycles. The molecule has 0 aromatic heterocycles. The van der Waals surface area contributed by atoms with Gasteiger partial charge in [-0.05, 0) is 0 Å². The molecule has 0 aromatic rings. The molecule has 0 saturated heterocycles. The topological polar surface area (TPSA) is 161 Å². The molecule has 0 atom stereocenters. The number of hydrogen-bond donors (Lipinski definition) is 0. The van der Waals surface area contributed by atoms with Gasteiger partial charge in [-0.25, -0.2) is 0 Å². The minimum atomic E-state index is -1.75. The monoisotopic (exact) mass is 321 g/mol. The number of rotatable bonds is 0. The van der Waals surface area contributed by atoms with Crippen molar-refractivity contribution in [2.45, 2.75) is 0 Å². The Morgan fingerprint density at radius 3 is 1.00 bits per heavy atom. The Bertz CT molecular complexity index is 31.5. The van der Waals surface area contributed by atoms with Gasteiger partial charge < -0.3 is 31.8 Å². The molecule has 8 heteroatoms. The van der Waals surface area contributed by atoms with Crippen LogP contribution in [0, 0.1) is 15.3 Å². The zero-order valence-corrected chi connectivity index (χ0v) is 8.24. The minimum Gasteiger partial charge on any atom is -0.412 e. The van der Waals surface area contributed by atoms with E-state index < -0.39 is 5.09 Å². The summed E-state index contributed by atoms with van der Waals surface area (Å²) in [7, 11) is 0. The Morgan fingerprint density at radius 1 is 1.00 bits per heavy atom. The molecule has 0 aromatic carbocycles.